The lowest BCUT2D eigenvalue weighted by Crippen LogP contribution is -2.40. The Labute approximate surface area is 189 Å². The van der Waals surface area contributed by atoms with E-state index in [1.807, 2.05) is 37.8 Å². The zero-order chi connectivity index (χ0) is 23.1. The van der Waals surface area contributed by atoms with Gasteiger partial charge in [-0.15, -0.1) is 0 Å². The standard InChI is InChI=1S/C25H32N4O3/c1-25(2,3)28-23(31)18-9-7-12-21(15-18)27-22(30)17-26-20-11-8-10-19(16-20)24(32)29-13-5-4-6-14-29/h7-12,15-16,26H,4-6,13-14,17H2,1-3H3,(H,27,30)(H,28,31). The Morgan fingerprint density at radius 2 is 1.50 bits per heavy atom. The number of hydrogen-bond donors (Lipinski definition) is 3. The maximum Gasteiger partial charge on any atom is 0.253 e. The summed E-state index contributed by atoms with van der Waals surface area (Å²) in [4.78, 5) is 39.3. The van der Waals surface area contributed by atoms with Gasteiger partial charge in [0.2, 0.25) is 5.91 Å². The summed E-state index contributed by atoms with van der Waals surface area (Å²) < 4.78 is 0. The molecule has 0 spiro atoms. The van der Waals surface area contributed by atoms with E-state index in [1.165, 1.54) is 6.42 Å². The van der Waals surface area contributed by atoms with Crippen molar-refractivity contribution in [2.75, 3.05) is 30.3 Å². The number of benzene rings is 2. The van der Waals surface area contributed by atoms with Crippen LogP contribution in [0, 0.1) is 0 Å². The van der Waals surface area contributed by atoms with Crippen LogP contribution < -0.4 is 16.0 Å². The second-order valence-electron chi connectivity index (χ2n) is 9.12. The minimum Gasteiger partial charge on any atom is -0.376 e. The predicted molar refractivity (Wildman–Crippen MR) is 127 cm³/mol. The number of rotatable bonds is 6. The molecule has 1 aliphatic rings. The van der Waals surface area contributed by atoms with Crippen LogP contribution in [0.3, 0.4) is 0 Å². The van der Waals surface area contributed by atoms with Crippen molar-refractivity contribution < 1.29 is 14.4 Å². The Balaban J connectivity index is 1.56. The van der Waals surface area contributed by atoms with E-state index in [2.05, 4.69) is 16.0 Å². The molecule has 0 bridgehead atoms. The van der Waals surface area contributed by atoms with E-state index >= 15 is 0 Å². The highest BCUT2D eigenvalue weighted by molar-refractivity contribution is 5.98. The van der Waals surface area contributed by atoms with Gasteiger partial charge in [-0.05, 0) is 76.4 Å². The van der Waals surface area contributed by atoms with Gasteiger partial charge in [-0.1, -0.05) is 12.1 Å². The third-order valence-electron chi connectivity index (χ3n) is 5.10. The van der Waals surface area contributed by atoms with Crippen molar-refractivity contribution >= 4 is 29.1 Å². The molecule has 0 aliphatic carbocycles. The molecule has 3 amide bonds. The average Bonchev–Trinajstić information content (AvgIpc) is 2.77. The molecular weight excluding hydrogens is 404 g/mol. The normalized spacial score (nSPS) is 13.9. The molecule has 0 radical (unpaired) electrons. The molecule has 3 rings (SSSR count). The Bertz CT molecular complexity index is 975. The Kier molecular flexibility index (Phi) is 7.51. The predicted octanol–water partition coefficient (Wildman–Crippen LogP) is 3.89. The fourth-order valence-corrected chi connectivity index (χ4v) is 3.58. The van der Waals surface area contributed by atoms with Crippen molar-refractivity contribution in [1.82, 2.24) is 10.2 Å². The first-order valence-corrected chi connectivity index (χ1v) is 11.1. The molecule has 1 aliphatic heterocycles. The third kappa shape index (κ3) is 6.83. The van der Waals surface area contributed by atoms with E-state index in [4.69, 9.17) is 0 Å². The number of nitrogens with zero attached hydrogens (tertiary/aromatic N) is 1. The molecule has 1 fully saturated rings. The molecule has 0 atom stereocenters. The van der Waals surface area contributed by atoms with Gasteiger partial charge < -0.3 is 20.9 Å². The zero-order valence-corrected chi connectivity index (χ0v) is 19.0. The SMILES string of the molecule is CC(C)(C)NC(=O)c1cccc(NC(=O)CNc2cccc(C(=O)N3CCCCC3)c2)c1. The van der Waals surface area contributed by atoms with Crippen LogP contribution >= 0.6 is 0 Å². The van der Waals surface area contributed by atoms with Crippen molar-refractivity contribution in [3.05, 3.63) is 59.7 Å². The maximum absolute atomic E-state index is 12.7. The van der Waals surface area contributed by atoms with Gasteiger partial charge in [0.1, 0.15) is 0 Å². The number of amides is 3. The number of hydrogen-bond acceptors (Lipinski definition) is 4. The first kappa shape index (κ1) is 23.3. The van der Waals surface area contributed by atoms with Crippen LogP contribution in [-0.4, -0.2) is 47.8 Å². The number of carbonyl (C=O) groups excluding carboxylic acids is 3. The molecule has 0 saturated carbocycles. The topological polar surface area (TPSA) is 90.5 Å². The largest absolute Gasteiger partial charge is 0.376 e. The van der Waals surface area contributed by atoms with Gasteiger partial charge in [0.25, 0.3) is 11.8 Å². The van der Waals surface area contributed by atoms with Crippen molar-refractivity contribution in [3.8, 4) is 0 Å². The lowest BCUT2D eigenvalue weighted by atomic mass is 10.1. The van der Waals surface area contributed by atoms with Gasteiger partial charge in [-0.3, -0.25) is 14.4 Å². The van der Waals surface area contributed by atoms with Gasteiger partial charge in [0.15, 0.2) is 0 Å². The fraction of sp³-hybridized carbons (Fsp3) is 0.400. The van der Waals surface area contributed by atoms with Gasteiger partial charge in [-0.2, -0.15) is 0 Å². The lowest BCUT2D eigenvalue weighted by Gasteiger charge is -2.26. The van der Waals surface area contributed by atoms with Crippen molar-refractivity contribution in [2.24, 2.45) is 0 Å². The second-order valence-corrected chi connectivity index (χ2v) is 9.12. The van der Waals surface area contributed by atoms with Crippen molar-refractivity contribution in [2.45, 2.75) is 45.6 Å². The van der Waals surface area contributed by atoms with Crippen molar-refractivity contribution in [1.29, 1.82) is 0 Å². The summed E-state index contributed by atoms with van der Waals surface area (Å²) in [5.74, 6) is -0.406. The molecule has 1 saturated heterocycles. The molecule has 0 unspecified atom stereocenters. The molecular formula is C25H32N4O3. The molecule has 0 aromatic heterocycles. The molecule has 3 N–H and O–H groups in total. The molecule has 170 valence electrons. The van der Waals surface area contributed by atoms with E-state index in [1.54, 1.807) is 36.4 Å². The Morgan fingerprint density at radius 1 is 0.875 bits per heavy atom. The van der Waals surface area contributed by atoms with Crippen LogP contribution in [0.25, 0.3) is 0 Å². The van der Waals surface area contributed by atoms with Gasteiger partial charge in [-0.25, -0.2) is 0 Å². The highest BCUT2D eigenvalue weighted by atomic mass is 16.2. The summed E-state index contributed by atoms with van der Waals surface area (Å²) in [5.41, 5.74) is 2.02. The number of nitrogens with one attached hydrogen (secondary N) is 3. The molecule has 2 aromatic carbocycles. The molecule has 7 nitrogen and oxygen atoms in total. The minimum absolute atomic E-state index is 0.0307. The van der Waals surface area contributed by atoms with Crippen LogP contribution in [0.2, 0.25) is 0 Å². The summed E-state index contributed by atoms with van der Waals surface area (Å²) in [6.07, 6.45) is 3.26. The maximum atomic E-state index is 12.7. The quantitative estimate of drug-likeness (QED) is 0.641. The summed E-state index contributed by atoms with van der Waals surface area (Å²) in [6, 6.07) is 14.1. The molecule has 32 heavy (non-hydrogen) atoms. The van der Waals surface area contributed by atoms with E-state index in [0.29, 0.717) is 22.5 Å². The lowest BCUT2D eigenvalue weighted by molar-refractivity contribution is -0.114. The number of likely N-dealkylation sites (tertiary alicyclic amines) is 1. The van der Waals surface area contributed by atoms with E-state index < -0.39 is 0 Å². The summed E-state index contributed by atoms with van der Waals surface area (Å²) >= 11 is 0. The van der Waals surface area contributed by atoms with Crippen LogP contribution in [-0.2, 0) is 4.79 Å². The highest BCUT2D eigenvalue weighted by Gasteiger charge is 2.18. The number of anilines is 2. The Morgan fingerprint density at radius 3 is 2.19 bits per heavy atom. The fourth-order valence-electron chi connectivity index (χ4n) is 3.58. The third-order valence-corrected chi connectivity index (χ3v) is 5.10. The van der Waals surface area contributed by atoms with E-state index in [-0.39, 0.29) is 29.8 Å². The summed E-state index contributed by atoms with van der Waals surface area (Å²) in [6.45, 7) is 7.38. The molecule has 2 aromatic rings. The van der Waals surface area contributed by atoms with E-state index in [9.17, 15) is 14.4 Å². The summed E-state index contributed by atoms with van der Waals surface area (Å²) in [7, 11) is 0. The van der Waals surface area contributed by atoms with Crippen LogP contribution in [0.4, 0.5) is 11.4 Å². The first-order chi connectivity index (χ1) is 15.2. The molecule has 7 heteroatoms. The number of carbonyl (C=O) groups is 3. The highest BCUT2D eigenvalue weighted by Crippen LogP contribution is 2.17. The van der Waals surface area contributed by atoms with Crippen LogP contribution in [0.15, 0.2) is 48.5 Å². The molecule has 1 heterocycles. The van der Waals surface area contributed by atoms with Gasteiger partial charge >= 0.3 is 0 Å². The van der Waals surface area contributed by atoms with E-state index in [0.717, 1.165) is 25.9 Å². The van der Waals surface area contributed by atoms with Gasteiger partial charge in [0.05, 0.1) is 6.54 Å². The number of piperidine rings is 1. The van der Waals surface area contributed by atoms with Gasteiger partial charge in [0, 0.05) is 41.1 Å². The second kappa shape index (κ2) is 10.3. The zero-order valence-electron chi connectivity index (χ0n) is 19.0. The Hall–Kier alpha value is -3.35. The van der Waals surface area contributed by atoms with Crippen LogP contribution in [0.1, 0.15) is 60.7 Å². The minimum atomic E-state index is -0.343. The monoisotopic (exact) mass is 436 g/mol. The smallest absolute Gasteiger partial charge is 0.253 e. The summed E-state index contributed by atoms with van der Waals surface area (Å²) in [5, 5.41) is 8.78. The van der Waals surface area contributed by atoms with Crippen molar-refractivity contribution in [3.63, 3.8) is 0 Å². The van der Waals surface area contributed by atoms with Crippen LogP contribution in [0.5, 0.6) is 0 Å². The first-order valence-electron chi connectivity index (χ1n) is 11.1. The average molecular weight is 437 g/mol.